The van der Waals surface area contributed by atoms with Gasteiger partial charge in [-0.05, 0) is 37.8 Å². The Hall–Kier alpha value is -0.540. The van der Waals surface area contributed by atoms with E-state index in [1.165, 1.54) is 12.8 Å². The van der Waals surface area contributed by atoms with E-state index < -0.39 is 0 Å². The molecule has 1 aliphatic heterocycles. The van der Waals surface area contributed by atoms with E-state index in [0.717, 1.165) is 23.4 Å². The standard InChI is InChI=1S/C12H16FNS/c1-15-9-5-6-10(11(13)8-9)12-4-2-3-7-14-12/h5-6,8,12,14H,2-4,7H2,1H3. The fourth-order valence-corrected chi connectivity index (χ4v) is 2.46. The Balaban J connectivity index is 2.19. The summed E-state index contributed by atoms with van der Waals surface area (Å²) in [7, 11) is 0. The van der Waals surface area contributed by atoms with Crippen molar-refractivity contribution in [3.05, 3.63) is 29.6 Å². The maximum absolute atomic E-state index is 13.8. The normalized spacial score (nSPS) is 21.6. The molecular weight excluding hydrogens is 209 g/mol. The largest absolute Gasteiger partial charge is 0.310 e. The zero-order valence-corrected chi connectivity index (χ0v) is 9.74. The van der Waals surface area contributed by atoms with Crippen molar-refractivity contribution >= 4 is 11.8 Å². The number of hydrogen-bond acceptors (Lipinski definition) is 2. The lowest BCUT2D eigenvalue weighted by Gasteiger charge is -2.24. The molecule has 1 nitrogen and oxygen atoms in total. The zero-order valence-electron chi connectivity index (χ0n) is 8.92. The fraction of sp³-hybridized carbons (Fsp3) is 0.500. The van der Waals surface area contributed by atoms with Crippen LogP contribution in [0.4, 0.5) is 4.39 Å². The smallest absolute Gasteiger partial charge is 0.129 e. The molecule has 1 unspecified atom stereocenters. The molecular formula is C12H16FNS. The van der Waals surface area contributed by atoms with Crippen molar-refractivity contribution in [1.29, 1.82) is 0 Å². The number of thioether (sulfide) groups is 1. The molecule has 1 atom stereocenters. The Morgan fingerprint density at radius 1 is 1.40 bits per heavy atom. The molecule has 1 heterocycles. The van der Waals surface area contributed by atoms with E-state index in [0.29, 0.717) is 0 Å². The first-order valence-electron chi connectivity index (χ1n) is 5.38. The van der Waals surface area contributed by atoms with E-state index in [9.17, 15) is 4.39 Å². The van der Waals surface area contributed by atoms with Crippen molar-refractivity contribution in [2.24, 2.45) is 0 Å². The highest BCUT2D eigenvalue weighted by Gasteiger charge is 2.17. The van der Waals surface area contributed by atoms with E-state index in [1.807, 2.05) is 18.4 Å². The molecule has 0 amide bonds. The van der Waals surface area contributed by atoms with Crippen molar-refractivity contribution in [1.82, 2.24) is 5.32 Å². The molecule has 1 N–H and O–H groups in total. The molecule has 0 spiro atoms. The van der Waals surface area contributed by atoms with Crippen LogP contribution < -0.4 is 5.32 Å². The van der Waals surface area contributed by atoms with Gasteiger partial charge in [0.1, 0.15) is 5.82 Å². The Morgan fingerprint density at radius 2 is 2.27 bits per heavy atom. The van der Waals surface area contributed by atoms with Crippen LogP contribution in [0.3, 0.4) is 0 Å². The third-order valence-corrected chi connectivity index (χ3v) is 3.62. The third-order valence-electron chi connectivity index (χ3n) is 2.89. The lowest BCUT2D eigenvalue weighted by Crippen LogP contribution is -2.27. The quantitative estimate of drug-likeness (QED) is 0.775. The highest BCUT2D eigenvalue weighted by molar-refractivity contribution is 7.98. The van der Waals surface area contributed by atoms with Crippen molar-refractivity contribution in [3.8, 4) is 0 Å². The summed E-state index contributed by atoms with van der Waals surface area (Å²) in [6, 6.07) is 5.77. The van der Waals surface area contributed by atoms with Gasteiger partial charge in [0.05, 0.1) is 0 Å². The molecule has 2 rings (SSSR count). The van der Waals surface area contributed by atoms with E-state index in [-0.39, 0.29) is 11.9 Å². The molecule has 0 bridgehead atoms. The molecule has 0 saturated carbocycles. The number of benzene rings is 1. The number of hydrogen-bond donors (Lipinski definition) is 1. The van der Waals surface area contributed by atoms with Gasteiger partial charge in [-0.15, -0.1) is 11.8 Å². The summed E-state index contributed by atoms with van der Waals surface area (Å²) in [6.07, 6.45) is 5.42. The fourth-order valence-electron chi connectivity index (χ4n) is 2.03. The van der Waals surface area contributed by atoms with Gasteiger partial charge in [0.25, 0.3) is 0 Å². The van der Waals surface area contributed by atoms with Gasteiger partial charge in [0.15, 0.2) is 0 Å². The van der Waals surface area contributed by atoms with Crippen molar-refractivity contribution in [2.75, 3.05) is 12.8 Å². The van der Waals surface area contributed by atoms with Crippen LogP contribution >= 0.6 is 11.8 Å². The second-order valence-electron chi connectivity index (χ2n) is 3.89. The summed E-state index contributed by atoms with van der Waals surface area (Å²) >= 11 is 1.58. The monoisotopic (exact) mass is 225 g/mol. The van der Waals surface area contributed by atoms with Crippen LogP contribution in [0.5, 0.6) is 0 Å². The topological polar surface area (TPSA) is 12.0 Å². The molecule has 1 aromatic rings. The summed E-state index contributed by atoms with van der Waals surface area (Å²) in [5, 5.41) is 3.37. The minimum Gasteiger partial charge on any atom is -0.310 e. The molecule has 1 saturated heterocycles. The molecule has 0 radical (unpaired) electrons. The first-order chi connectivity index (χ1) is 7.31. The number of rotatable bonds is 2. The maximum atomic E-state index is 13.8. The lowest BCUT2D eigenvalue weighted by atomic mass is 9.97. The van der Waals surface area contributed by atoms with E-state index in [1.54, 1.807) is 17.8 Å². The molecule has 1 fully saturated rings. The zero-order chi connectivity index (χ0) is 10.7. The minimum absolute atomic E-state index is 0.0683. The van der Waals surface area contributed by atoms with Crippen molar-refractivity contribution in [3.63, 3.8) is 0 Å². The third kappa shape index (κ3) is 2.52. The van der Waals surface area contributed by atoms with Crippen molar-refractivity contribution < 1.29 is 4.39 Å². The number of piperidine rings is 1. The van der Waals surface area contributed by atoms with Crippen LogP contribution in [-0.4, -0.2) is 12.8 Å². The summed E-state index contributed by atoms with van der Waals surface area (Å²) in [6.45, 7) is 1.01. The molecule has 0 aliphatic carbocycles. The van der Waals surface area contributed by atoms with E-state index in [2.05, 4.69) is 5.32 Å². The number of halogens is 1. The summed E-state index contributed by atoms with van der Waals surface area (Å²) < 4.78 is 13.8. The van der Waals surface area contributed by atoms with Gasteiger partial charge in [-0.1, -0.05) is 12.5 Å². The Kier molecular flexibility index (Phi) is 3.65. The van der Waals surface area contributed by atoms with E-state index >= 15 is 0 Å². The highest BCUT2D eigenvalue weighted by Crippen LogP contribution is 2.27. The van der Waals surface area contributed by atoms with Gasteiger partial charge >= 0.3 is 0 Å². The molecule has 0 aromatic heterocycles. The van der Waals surface area contributed by atoms with Crippen LogP contribution in [0.15, 0.2) is 23.1 Å². The SMILES string of the molecule is CSc1ccc(C2CCCCN2)c(F)c1. The van der Waals surface area contributed by atoms with Gasteiger partial charge in [-0.25, -0.2) is 4.39 Å². The van der Waals surface area contributed by atoms with Crippen LogP contribution in [-0.2, 0) is 0 Å². The second kappa shape index (κ2) is 4.99. The van der Waals surface area contributed by atoms with Crippen LogP contribution in [0.2, 0.25) is 0 Å². The van der Waals surface area contributed by atoms with Crippen LogP contribution in [0, 0.1) is 5.82 Å². The Bertz CT molecular complexity index is 334. The summed E-state index contributed by atoms with van der Waals surface area (Å²) in [5.74, 6) is -0.0683. The van der Waals surface area contributed by atoms with Gasteiger partial charge in [-0.3, -0.25) is 0 Å². The van der Waals surface area contributed by atoms with Gasteiger partial charge in [0.2, 0.25) is 0 Å². The molecule has 3 heteroatoms. The van der Waals surface area contributed by atoms with Gasteiger partial charge in [0, 0.05) is 16.5 Å². The molecule has 1 aliphatic rings. The summed E-state index contributed by atoms with van der Waals surface area (Å²) in [5.41, 5.74) is 0.826. The Morgan fingerprint density at radius 3 is 2.87 bits per heavy atom. The molecule has 1 aromatic carbocycles. The summed E-state index contributed by atoms with van der Waals surface area (Å²) in [4.78, 5) is 0.993. The molecule has 82 valence electrons. The van der Waals surface area contributed by atoms with E-state index in [4.69, 9.17) is 0 Å². The second-order valence-corrected chi connectivity index (χ2v) is 4.77. The van der Waals surface area contributed by atoms with Crippen molar-refractivity contribution in [2.45, 2.75) is 30.2 Å². The minimum atomic E-state index is -0.0683. The first kappa shape index (κ1) is 11.0. The average molecular weight is 225 g/mol. The van der Waals surface area contributed by atoms with Crippen LogP contribution in [0.1, 0.15) is 30.9 Å². The van der Waals surface area contributed by atoms with Crippen LogP contribution in [0.25, 0.3) is 0 Å². The highest BCUT2D eigenvalue weighted by atomic mass is 32.2. The van der Waals surface area contributed by atoms with Gasteiger partial charge in [-0.2, -0.15) is 0 Å². The maximum Gasteiger partial charge on any atom is 0.129 e. The molecule has 15 heavy (non-hydrogen) atoms. The Labute approximate surface area is 94.5 Å². The lowest BCUT2D eigenvalue weighted by molar-refractivity contribution is 0.399. The first-order valence-corrected chi connectivity index (χ1v) is 6.60. The predicted molar refractivity (Wildman–Crippen MR) is 62.8 cm³/mol. The predicted octanol–water partition coefficient (Wildman–Crippen LogP) is 3.36. The van der Waals surface area contributed by atoms with Gasteiger partial charge < -0.3 is 5.32 Å². The number of nitrogens with one attached hydrogen (secondary N) is 1. The average Bonchev–Trinajstić information content (AvgIpc) is 2.30.